The molecule has 0 radical (unpaired) electrons. The van der Waals surface area contributed by atoms with Crippen molar-refractivity contribution in [2.45, 2.75) is 24.9 Å². The Morgan fingerprint density at radius 2 is 1.46 bits per heavy atom. The first-order chi connectivity index (χ1) is 18.9. The highest BCUT2D eigenvalue weighted by Gasteiger charge is 2.71. The molecular weight excluding hydrogens is 489 g/mol. The van der Waals surface area contributed by atoms with Crippen LogP contribution in [0.4, 0.5) is 10.1 Å². The monoisotopic (exact) mass is 513 g/mol. The zero-order chi connectivity index (χ0) is 26.9. The lowest BCUT2D eigenvalue weighted by molar-refractivity contribution is 0.0666. The van der Waals surface area contributed by atoms with Gasteiger partial charge in [0.15, 0.2) is 17.3 Å². The van der Waals surface area contributed by atoms with Gasteiger partial charge in [-0.3, -0.25) is 14.4 Å². The molecule has 4 nitrogen and oxygen atoms in total. The van der Waals surface area contributed by atoms with Crippen LogP contribution in [0.25, 0.3) is 6.08 Å². The summed E-state index contributed by atoms with van der Waals surface area (Å²) >= 11 is 0. The Morgan fingerprint density at radius 1 is 0.821 bits per heavy atom. The van der Waals surface area contributed by atoms with E-state index in [0.29, 0.717) is 22.3 Å². The van der Waals surface area contributed by atoms with Crippen LogP contribution in [0.3, 0.4) is 0 Å². The third-order valence-corrected chi connectivity index (χ3v) is 8.52. The topological polar surface area (TPSA) is 54.5 Å². The van der Waals surface area contributed by atoms with Gasteiger partial charge in [-0.15, -0.1) is 0 Å². The third kappa shape index (κ3) is 3.13. The number of benzene rings is 4. The van der Waals surface area contributed by atoms with Gasteiger partial charge in [0.25, 0.3) is 0 Å². The highest BCUT2D eigenvalue weighted by atomic mass is 19.1. The molecule has 1 fully saturated rings. The van der Waals surface area contributed by atoms with Crippen molar-refractivity contribution in [3.05, 3.63) is 142 Å². The van der Waals surface area contributed by atoms with E-state index < -0.39 is 29.2 Å². The van der Waals surface area contributed by atoms with Crippen LogP contribution in [0.15, 0.2) is 103 Å². The van der Waals surface area contributed by atoms with E-state index >= 15 is 0 Å². The molecule has 0 unspecified atom stereocenters. The molecular formula is C34H24FNO3. The molecule has 5 heteroatoms. The molecule has 1 saturated heterocycles. The number of carbonyl (C=O) groups excluding carboxylic acids is 3. The summed E-state index contributed by atoms with van der Waals surface area (Å²) in [6.45, 7) is 1.98. The number of hydrogen-bond donors (Lipinski definition) is 0. The molecule has 0 bridgehead atoms. The number of nitrogens with zero attached hydrogens (tertiary/aromatic N) is 1. The van der Waals surface area contributed by atoms with Crippen LogP contribution in [-0.2, 0) is 0 Å². The van der Waals surface area contributed by atoms with E-state index in [4.69, 9.17) is 0 Å². The van der Waals surface area contributed by atoms with Crippen LogP contribution in [0.5, 0.6) is 0 Å². The molecule has 3 atom stereocenters. The molecule has 190 valence electrons. The minimum atomic E-state index is -1.59. The number of rotatable bonds is 3. The van der Waals surface area contributed by atoms with E-state index in [2.05, 4.69) is 0 Å². The zero-order valence-corrected chi connectivity index (χ0v) is 21.2. The lowest BCUT2D eigenvalue weighted by Crippen LogP contribution is -2.48. The van der Waals surface area contributed by atoms with E-state index in [1.807, 2.05) is 48.2 Å². The molecule has 4 aromatic rings. The van der Waals surface area contributed by atoms with Gasteiger partial charge in [0, 0.05) is 28.3 Å². The summed E-state index contributed by atoms with van der Waals surface area (Å²) in [5.74, 6) is -2.05. The van der Waals surface area contributed by atoms with Crippen molar-refractivity contribution in [3.63, 3.8) is 0 Å². The van der Waals surface area contributed by atoms with Gasteiger partial charge in [0.05, 0.1) is 6.04 Å². The molecule has 2 aliphatic heterocycles. The maximum absolute atomic E-state index is 14.6. The van der Waals surface area contributed by atoms with Crippen LogP contribution in [0.1, 0.15) is 53.7 Å². The number of carbonyl (C=O) groups is 3. The van der Waals surface area contributed by atoms with Gasteiger partial charge in [-0.2, -0.15) is 0 Å². The summed E-state index contributed by atoms with van der Waals surface area (Å²) in [5, 5.41) is 0. The van der Waals surface area contributed by atoms with E-state index in [1.165, 1.54) is 12.1 Å². The van der Waals surface area contributed by atoms with Gasteiger partial charge in [0.2, 0.25) is 0 Å². The van der Waals surface area contributed by atoms with Gasteiger partial charge in [0.1, 0.15) is 17.3 Å². The quantitative estimate of drug-likeness (QED) is 0.233. The number of Topliss-reactive ketones (excluding diaryl/α,β-unsaturated/α-hetero) is 3. The maximum Gasteiger partial charge on any atom is 0.185 e. The Labute approximate surface area is 225 Å². The van der Waals surface area contributed by atoms with Gasteiger partial charge >= 0.3 is 0 Å². The average molecular weight is 514 g/mol. The first kappa shape index (κ1) is 23.5. The smallest absolute Gasteiger partial charge is 0.185 e. The van der Waals surface area contributed by atoms with Crippen molar-refractivity contribution in [2.24, 2.45) is 5.41 Å². The van der Waals surface area contributed by atoms with Crippen molar-refractivity contribution < 1.29 is 18.8 Å². The number of ketones is 3. The summed E-state index contributed by atoms with van der Waals surface area (Å²) < 4.78 is 14.1. The lowest BCUT2D eigenvalue weighted by Gasteiger charge is -2.37. The highest BCUT2D eigenvalue weighted by molar-refractivity contribution is 6.32. The van der Waals surface area contributed by atoms with Crippen molar-refractivity contribution in [1.82, 2.24) is 0 Å². The third-order valence-electron chi connectivity index (χ3n) is 8.52. The molecule has 39 heavy (non-hydrogen) atoms. The van der Waals surface area contributed by atoms with E-state index in [-0.39, 0.29) is 17.3 Å². The Bertz CT molecular complexity index is 1670. The normalized spacial score (nSPS) is 22.1. The molecule has 2 heterocycles. The van der Waals surface area contributed by atoms with Crippen LogP contribution in [0.2, 0.25) is 0 Å². The van der Waals surface area contributed by atoms with Crippen molar-refractivity contribution in [3.8, 4) is 0 Å². The molecule has 1 aliphatic carbocycles. The van der Waals surface area contributed by atoms with Gasteiger partial charge in [-0.25, -0.2) is 4.39 Å². The van der Waals surface area contributed by atoms with Gasteiger partial charge in [-0.05, 0) is 41.8 Å². The fourth-order valence-corrected chi connectivity index (χ4v) is 6.89. The molecule has 0 N–H and O–H groups in total. The summed E-state index contributed by atoms with van der Waals surface area (Å²) in [6, 6.07) is 26.1. The largest absolute Gasteiger partial charge is 0.352 e. The van der Waals surface area contributed by atoms with Crippen LogP contribution in [0, 0.1) is 18.2 Å². The molecule has 0 aromatic heterocycles. The SMILES string of the molecule is Cc1ccc2c(c1)N1[C@H](C(=O)c3ccccc3)[C@@H](c3ccc(F)cc3)C3(C(=O)c4ccccc4C3=O)[C@H]1C=C2. The van der Waals surface area contributed by atoms with Crippen LogP contribution >= 0.6 is 0 Å². The Kier molecular flexibility index (Phi) is 5.08. The van der Waals surface area contributed by atoms with Gasteiger partial charge < -0.3 is 4.90 Å². The predicted molar refractivity (Wildman–Crippen MR) is 148 cm³/mol. The Hall–Kier alpha value is -4.64. The predicted octanol–water partition coefficient (Wildman–Crippen LogP) is 6.45. The number of anilines is 1. The summed E-state index contributed by atoms with van der Waals surface area (Å²) in [4.78, 5) is 45.6. The fraction of sp³-hybridized carbons (Fsp3) is 0.147. The highest BCUT2D eigenvalue weighted by Crippen LogP contribution is 2.61. The number of aryl methyl sites for hydroxylation is 1. The van der Waals surface area contributed by atoms with Crippen LogP contribution < -0.4 is 4.90 Å². The Morgan fingerprint density at radius 3 is 2.13 bits per heavy atom. The number of fused-ring (bicyclic) bond motifs is 5. The number of hydrogen-bond acceptors (Lipinski definition) is 4. The fourth-order valence-electron chi connectivity index (χ4n) is 6.89. The average Bonchev–Trinajstić information content (AvgIpc) is 3.40. The van der Waals surface area contributed by atoms with Crippen molar-refractivity contribution in [1.29, 1.82) is 0 Å². The molecule has 0 amide bonds. The second kappa shape index (κ2) is 8.43. The van der Waals surface area contributed by atoms with E-state index in [1.54, 1.807) is 60.7 Å². The van der Waals surface area contributed by atoms with Gasteiger partial charge in [-0.1, -0.05) is 91.0 Å². The first-order valence-electron chi connectivity index (χ1n) is 13.0. The lowest BCUT2D eigenvalue weighted by atomic mass is 9.64. The minimum Gasteiger partial charge on any atom is -0.352 e. The summed E-state index contributed by atoms with van der Waals surface area (Å²) in [5.41, 5.74) is 2.93. The summed E-state index contributed by atoms with van der Waals surface area (Å²) in [6.07, 6.45) is 3.84. The molecule has 3 aliphatic rings. The maximum atomic E-state index is 14.6. The van der Waals surface area contributed by atoms with Crippen molar-refractivity contribution in [2.75, 3.05) is 4.90 Å². The molecule has 4 aromatic carbocycles. The molecule has 7 rings (SSSR count). The second-order valence-corrected chi connectivity index (χ2v) is 10.6. The standard InChI is InChI=1S/C34H24FNO3/c1-20-11-12-21-15-18-28-34(32(38)25-9-5-6-10-26(25)33(34)39)29(22-13-16-24(35)17-14-22)30(36(28)27(21)19-20)31(37)23-7-3-2-4-8-23/h2-19,28-30H,1H3/t28-,29-,30+/m1/s1. The Balaban J connectivity index is 1.56. The van der Waals surface area contributed by atoms with Crippen molar-refractivity contribution >= 4 is 29.1 Å². The van der Waals surface area contributed by atoms with E-state index in [9.17, 15) is 18.8 Å². The molecule has 0 saturated carbocycles. The zero-order valence-electron chi connectivity index (χ0n) is 21.2. The van der Waals surface area contributed by atoms with Crippen LogP contribution in [-0.4, -0.2) is 29.4 Å². The minimum absolute atomic E-state index is 0.189. The summed E-state index contributed by atoms with van der Waals surface area (Å²) in [7, 11) is 0. The first-order valence-corrected chi connectivity index (χ1v) is 13.0. The second-order valence-electron chi connectivity index (χ2n) is 10.6. The number of halogens is 1. The van der Waals surface area contributed by atoms with E-state index in [0.717, 1.165) is 16.8 Å². The molecule has 1 spiro atoms.